The number of primary amides is 1. The Morgan fingerprint density at radius 3 is 2.62 bits per heavy atom. The van der Waals surface area contributed by atoms with Crippen molar-refractivity contribution in [2.45, 2.75) is 25.7 Å². The summed E-state index contributed by atoms with van der Waals surface area (Å²) in [6.07, 6.45) is 4.51. The lowest BCUT2D eigenvalue weighted by Gasteiger charge is -2.26. The van der Waals surface area contributed by atoms with E-state index in [4.69, 9.17) is 15.2 Å². The SMILES string of the molecule is NC(=O)c1ccc2ccccc2c1OCCCCCCN1CCOCC1. The number of carbonyl (C=O) groups excluding carboxylic acids is 1. The molecule has 2 aromatic carbocycles. The van der Waals surface area contributed by atoms with Gasteiger partial charge in [-0.3, -0.25) is 9.69 Å². The van der Waals surface area contributed by atoms with Crippen LogP contribution in [0.2, 0.25) is 0 Å². The van der Waals surface area contributed by atoms with E-state index in [0.717, 1.165) is 56.5 Å². The Morgan fingerprint density at radius 1 is 1.04 bits per heavy atom. The van der Waals surface area contributed by atoms with Crippen molar-refractivity contribution in [2.75, 3.05) is 39.5 Å². The number of unbranched alkanes of at least 4 members (excludes halogenated alkanes) is 3. The summed E-state index contributed by atoms with van der Waals surface area (Å²) in [6, 6.07) is 11.6. The van der Waals surface area contributed by atoms with Gasteiger partial charge in [-0.05, 0) is 30.8 Å². The molecule has 0 radical (unpaired) electrons. The predicted molar refractivity (Wildman–Crippen MR) is 104 cm³/mol. The van der Waals surface area contributed by atoms with E-state index in [1.54, 1.807) is 6.07 Å². The van der Waals surface area contributed by atoms with E-state index in [1.165, 1.54) is 12.8 Å². The molecular formula is C21H28N2O3. The van der Waals surface area contributed by atoms with Crippen LogP contribution in [0.25, 0.3) is 10.8 Å². The van der Waals surface area contributed by atoms with E-state index in [9.17, 15) is 4.79 Å². The average molecular weight is 356 g/mol. The second-order valence-corrected chi connectivity index (χ2v) is 6.74. The molecule has 2 N–H and O–H groups in total. The number of morpholine rings is 1. The number of amides is 1. The zero-order chi connectivity index (χ0) is 18.2. The third-order valence-corrected chi connectivity index (χ3v) is 4.86. The summed E-state index contributed by atoms with van der Waals surface area (Å²) in [6.45, 7) is 5.59. The Balaban J connectivity index is 1.45. The molecule has 5 nitrogen and oxygen atoms in total. The van der Waals surface area contributed by atoms with Crippen LogP contribution in [0.3, 0.4) is 0 Å². The maximum absolute atomic E-state index is 11.7. The largest absolute Gasteiger partial charge is 0.492 e. The fourth-order valence-corrected chi connectivity index (χ4v) is 3.38. The number of rotatable bonds is 9. The number of nitrogens with zero attached hydrogens (tertiary/aromatic N) is 1. The van der Waals surface area contributed by atoms with E-state index in [2.05, 4.69) is 4.90 Å². The molecule has 3 rings (SSSR count). The van der Waals surface area contributed by atoms with Gasteiger partial charge in [0.2, 0.25) is 0 Å². The molecule has 2 aromatic rings. The zero-order valence-electron chi connectivity index (χ0n) is 15.3. The van der Waals surface area contributed by atoms with Crippen LogP contribution in [0.5, 0.6) is 5.75 Å². The van der Waals surface area contributed by atoms with Crippen molar-refractivity contribution in [3.63, 3.8) is 0 Å². The standard InChI is InChI=1S/C21H28N2O3/c22-21(24)19-10-9-17-7-3-4-8-18(17)20(19)26-14-6-2-1-5-11-23-12-15-25-16-13-23/h3-4,7-10H,1-2,5-6,11-16H2,(H2,22,24). The molecule has 1 saturated heterocycles. The second kappa shape index (κ2) is 9.55. The molecule has 1 heterocycles. The highest BCUT2D eigenvalue weighted by Gasteiger charge is 2.13. The van der Waals surface area contributed by atoms with Crippen LogP contribution in [0, 0.1) is 0 Å². The lowest BCUT2D eigenvalue weighted by molar-refractivity contribution is 0.0371. The van der Waals surface area contributed by atoms with E-state index < -0.39 is 5.91 Å². The molecule has 26 heavy (non-hydrogen) atoms. The Bertz CT molecular complexity index is 726. The highest BCUT2D eigenvalue weighted by Crippen LogP contribution is 2.30. The minimum atomic E-state index is -0.448. The smallest absolute Gasteiger partial charge is 0.252 e. The van der Waals surface area contributed by atoms with Gasteiger partial charge in [-0.1, -0.05) is 43.2 Å². The summed E-state index contributed by atoms with van der Waals surface area (Å²) >= 11 is 0. The van der Waals surface area contributed by atoms with Crippen LogP contribution < -0.4 is 10.5 Å². The van der Waals surface area contributed by atoms with Crippen LogP contribution in [-0.4, -0.2) is 50.3 Å². The maximum atomic E-state index is 11.7. The van der Waals surface area contributed by atoms with Crippen molar-refractivity contribution >= 4 is 16.7 Å². The van der Waals surface area contributed by atoms with Crippen LogP contribution in [0.4, 0.5) is 0 Å². The Hall–Kier alpha value is -2.11. The van der Waals surface area contributed by atoms with Gasteiger partial charge in [-0.15, -0.1) is 0 Å². The highest BCUT2D eigenvalue weighted by molar-refractivity contribution is 6.03. The molecule has 0 bridgehead atoms. The third kappa shape index (κ3) is 4.96. The van der Waals surface area contributed by atoms with Crippen molar-refractivity contribution in [1.82, 2.24) is 4.90 Å². The molecule has 140 valence electrons. The minimum Gasteiger partial charge on any atom is -0.492 e. The first-order valence-electron chi connectivity index (χ1n) is 9.50. The number of hydrogen-bond acceptors (Lipinski definition) is 4. The molecule has 1 aliphatic heterocycles. The Labute approximate surface area is 155 Å². The number of ether oxygens (including phenoxy) is 2. The monoisotopic (exact) mass is 356 g/mol. The normalized spacial score (nSPS) is 15.2. The third-order valence-electron chi connectivity index (χ3n) is 4.86. The molecule has 0 spiro atoms. The number of carbonyl (C=O) groups is 1. The second-order valence-electron chi connectivity index (χ2n) is 6.74. The van der Waals surface area contributed by atoms with Crippen molar-refractivity contribution in [3.8, 4) is 5.75 Å². The number of hydrogen-bond donors (Lipinski definition) is 1. The van der Waals surface area contributed by atoms with Gasteiger partial charge in [0.05, 0.1) is 25.4 Å². The van der Waals surface area contributed by atoms with Gasteiger partial charge in [0.1, 0.15) is 5.75 Å². The molecular weight excluding hydrogens is 328 g/mol. The number of nitrogens with two attached hydrogens (primary N) is 1. The molecule has 0 atom stereocenters. The van der Waals surface area contributed by atoms with E-state index in [0.29, 0.717) is 17.9 Å². The summed E-state index contributed by atoms with van der Waals surface area (Å²) in [7, 11) is 0. The van der Waals surface area contributed by atoms with E-state index >= 15 is 0 Å². The van der Waals surface area contributed by atoms with E-state index in [-0.39, 0.29) is 0 Å². The van der Waals surface area contributed by atoms with Gasteiger partial charge in [0, 0.05) is 18.5 Å². The predicted octanol–water partition coefficient (Wildman–Crippen LogP) is 3.21. The Morgan fingerprint density at radius 2 is 1.81 bits per heavy atom. The van der Waals surface area contributed by atoms with Crippen molar-refractivity contribution < 1.29 is 14.3 Å². The quantitative estimate of drug-likeness (QED) is 0.701. The highest BCUT2D eigenvalue weighted by atomic mass is 16.5. The van der Waals surface area contributed by atoms with Crippen LogP contribution in [0.1, 0.15) is 36.0 Å². The van der Waals surface area contributed by atoms with Gasteiger partial charge in [-0.2, -0.15) is 0 Å². The number of fused-ring (bicyclic) bond motifs is 1. The first-order valence-corrected chi connectivity index (χ1v) is 9.50. The van der Waals surface area contributed by atoms with Crippen molar-refractivity contribution in [1.29, 1.82) is 0 Å². The van der Waals surface area contributed by atoms with Crippen molar-refractivity contribution in [3.05, 3.63) is 42.0 Å². The van der Waals surface area contributed by atoms with E-state index in [1.807, 2.05) is 30.3 Å². The lowest BCUT2D eigenvalue weighted by atomic mass is 10.0. The van der Waals surface area contributed by atoms with Gasteiger partial charge >= 0.3 is 0 Å². The minimum absolute atomic E-state index is 0.448. The first-order chi connectivity index (χ1) is 12.8. The Kier molecular flexibility index (Phi) is 6.86. The van der Waals surface area contributed by atoms with Gasteiger partial charge < -0.3 is 15.2 Å². The van der Waals surface area contributed by atoms with Gasteiger partial charge in [0.15, 0.2) is 0 Å². The molecule has 5 heteroatoms. The van der Waals surface area contributed by atoms with Crippen LogP contribution in [0.15, 0.2) is 36.4 Å². The molecule has 0 aromatic heterocycles. The van der Waals surface area contributed by atoms with Crippen LogP contribution in [-0.2, 0) is 4.74 Å². The van der Waals surface area contributed by atoms with Gasteiger partial charge in [0.25, 0.3) is 5.91 Å². The maximum Gasteiger partial charge on any atom is 0.252 e. The van der Waals surface area contributed by atoms with Crippen LogP contribution >= 0.6 is 0 Å². The first kappa shape index (κ1) is 18.7. The summed E-state index contributed by atoms with van der Waals surface area (Å²) in [5.41, 5.74) is 5.97. The molecule has 1 fully saturated rings. The number of benzene rings is 2. The average Bonchev–Trinajstić information content (AvgIpc) is 2.67. The summed E-state index contributed by atoms with van der Waals surface area (Å²) in [4.78, 5) is 14.2. The molecule has 0 aliphatic carbocycles. The van der Waals surface area contributed by atoms with Crippen molar-refractivity contribution in [2.24, 2.45) is 5.73 Å². The zero-order valence-corrected chi connectivity index (χ0v) is 15.3. The lowest BCUT2D eigenvalue weighted by Crippen LogP contribution is -2.36. The molecule has 1 aliphatic rings. The summed E-state index contributed by atoms with van der Waals surface area (Å²) < 4.78 is 11.3. The fourth-order valence-electron chi connectivity index (χ4n) is 3.38. The summed E-state index contributed by atoms with van der Waals surface area (Å²) in [5.74, 6) is 0.167. The molecule has 0 unspecified atom stereocenters. The summed E-state index contributed by atoms with van der Waals surface area (Å²) in [5, 5.41) is 1.99. The molecule has 0 saturated carbocycles. The molecule has 1 amide bonds. The topological polar surface area (TPSA) is 64.8 Å². The van der Waals surface area contributed by atoms with Gasteiger partial charge in [-0.25, -0.2) is 0 Å². The fraction of sp³-hybridized carbons (Fsp3) is 0.476.